The molecule has 0 amide bonds. The van der Waals surface area contributed by atoms with Gasteiger partial charge in [-0.25, -0.2) is 0 Å². The fourth-order valence-electron chi connectivity index (χ4n) is 1.92. The molecule has 4 heteroatoms. The van der Waals surface area contributed by atoms with Crippen molar-refractivity contribution in [1.29, 1.82) is 0 Å². The molecule has 0 bridgehead atoms. The summed E-state index contributed by atoms with van der Waals surface area (Å²) in [6.45, 7) is 0. The highest BCUT2D eigenvalue weighted by atomic mass is 19.4. The molecular formula is C15H13F3O. The molecule has 0 spiro atoms. The maximum atomic E-state index is 13.0. The van der Waals surface area contributed by atoms with Crippen LogP contribution < -0.4 is 4.74 Å². The van der Waals surface area contributed by atoms with Gasteiger partial charge >= 0.3 is 6.18 Å². The molecule has 0 saturated carbocycles. The minimum atomic E-state index is -4.38. The Kier molecular flexibility index (Phi) is 3.79. The molecular weight excluding hydrogens is 253 g/mol. The van der Waals surface area contributed by atoms with Crippen LogP contribution in [0, 0.1) is 0 Å². The standard InChI is InChI=1S/C15H13F3O/c1-19-13-8-7-12(14(10-13)15(16,17)18)9-11-5-3-2-4-6-11/h2-8,10H,9H2,1H3. The molecule has 0 unspecified atom stereocenters. The number of halogens is 3. The highest BCUT2D eigenvalue weighted by Gasteiger charge is 2.33. The van der Waals surface area contributed by atoms with Crippen LogP contribution in [0.4, 0.5) is 13.2 Å². The zero-order valence-corrected chi connectivity index (χ0v) is 10.4. The number of hydrogen-bond donors (Lipinski definition) is 0. The van der Waals surface area contributed by atoms with Crippen molar-refractivity contribution in [2.75, 3.05) is 7.11 Å². The third-order valence-electron chi connectivity index (χ3n) is 2.86. The van der Waals surface area contributed by atoms with E-state index in [1.807, 2.05) is 30.3 Å². The highest BCUT2D eigenvalue weighted by Crippen LogP contribution is 2.35. The topological polar surface area (TPSA) is 9.23 Å². The predicted octanol–water partition coefficient (Wildman–Crippen LogP) is 4.30. The van der Waals surface area contributed by atoms with Gasteiger partial charge in [-0.05, 0) is 29.7 Å². The van der Waals surface area contributed by atoms with Crippen molar-refractivity contribution < 1.29 is 17.9 Å². The second-order valence-corrected chi connectivity index (χ2v) is 4.18. The summed E-state index contributed by atoms with van der Waals surface area (Å²) in [5, 5.41) is 0. The molecule has 0 aliphatic rings. The smallest absolute Gasteiger partial charge is 0.416 e. The third kappa shape index (κ3) is 3.28. The minimum absolute atomic E-state index is 0.212. The molecule has 0 N–H and O–H groups in total. The molecule has 0 aliphatic carbocycles. The van der Waals surface area contributed by atoms with Crippen LogP contribution in [0.5, 0.6) is 5.75 Å². The van der Waals surface area contributed by atoms with Gasteiger partial charge in [0.2, 0.25) is 0 Å². The summed E-state index contributed by atoms with van der Waals surface area (Å²) < 4.78 is 43.9. The average molecular weight is 266 g/mol. The minimum Gasteiger partial charge on any atom is -0.497 e. The van der Waals surface area contributed by atoms with Gasteiger partial charge in [-0.3, -0.25) is 0 Å². The largest absolute Gasteiger partial charge is 0.497 e. The first-order chi connectivity index (χ1) is 9.00. The maximum absolute atomic E-state index is 13.0. The number of ether oxygens (including phenoxy) is 1. The lowest BCUT2D eigenvalue weighted by molar-refractivity contribution is -0.138. The van der Waals surface area contributed by atoms with E-state index in [1.54, 1.807) is 6.07 Å². The Morgan fingerprint density at radius 1 is 1.00 bits per heavy atom. The summed E-state index contributed by atoms with van der Waals surface area (Å²) >= 11 is 0. The van der Waals surface area contributed by atoms with E-state index in [-0.39, 0.29) is 17.7 Å². The van der Waals surface area contributed by atoms with Gasteiger partial charge in [-0.15, -0.1) is 0 Å². The number of alkyl halides is 3. The van der Waals surface area contributed by atoms with E-state index in [1.165, 1.54) is 13.2 Å². The lowest BCUT2D eigenvalue weighted by Crippen LogP contribution is -2.10. The summed E-state index contributed by atoms with van der Waals surface area (Å²) in [7, 11) is 1.35. The normalized spacial score (nSPS) is 11.4. The van der Waals surface area contributed by atoms with Crippen molar-refractivity contribution in [2.24, 2.45) is 0 Å². The van der Waals surface area contributed by atoms with Crippen LogP contribution in [0.25, 0.3) is 0 Å². The van der Waals surface area contributed by atoms with Crippen molar-refractivity contribution in [2.45, 2.75) is 12.6 Å². The van der Waals surface area contributed by atoms with E-state index in [4.69, 9.17) is 4.74 Å². The lowest BCUT2D eigenvalue weighted by Gasteiger charge is -2.14. The van der Waals surface area contributed by atoms with Crippen molar-refractivity contribution >= 4 is 0 Å². The number of hydrogen-bond acceptors (Lipinski definition) is 1. The molecule has 0 aromatic heterocycles. The Balaban J connectivity index is 2.40. The fourth-order valence-corrected chi connectivity index (χ4v) is 1.92. The molecule has 0 atom stereocenters. The number of rotatable bonds is 3. The SMILES string of the molecule is COc1ccc(Cc2ccccc2)c(C(F)(F)F)c1. The Labute approximate surface area is 109 Å². The molecule has 2 aromatic carbocycles. The molecule has 0 saturated heterocycles. The van der Waals surface area contributed by atoms with Crippen LogP contribution >= 0.6 is 0 Å². The Morgan fingerprint density at radius 2 is 1.68 bits per heavy atom. The van der Waals surface area contributed by atoms with Gasteiger partial charge in [0.15, 0.2) is 0 Å². The Bertz CT molecular complexity index is 547. The highest BCUT2D eigenvalue weighted by molar-refractivity contribution is 5.40. The first kappa shape index (κ1) is 13.5. The van der Waals surface area contributed by atoms with Crippen LogP contribution in [0.1, 0.15) is 16.7 Å². The van der Waals surface area contributed by atoms with Crippen LogP contribution in [0.3, 0.4) is 0 Å². The zero-order valence-electron chi connectivity index (χ0n) is 10.4. The van der Waals surface area contributed by atoms with Gasteiger partial charge in [0.05, 0.1) is 12.7 Å². The molecule has 2 aromatic rings. The van der Waals surface area contributed by atoms with Gasteiger partial charge in [0.25, 0.3) is 0 Å². The van der Waals surface area contributed by atoms with Crippen LogP contribution in [-0.2, 0) is 12.6 Å². The first-order valence-electron chi connectivity index (χ1n) is 5.79. The Hall–Kier alpha value is -1.97. The van der Waals surface area contributed by atoms with Gasteiger partial charge in [0, 0.05) is 0 Å². The summed E-state index contributed by atoms with van der Waals surface area (Å²) in [6.07, 6.45) is -4.13. The second-order valence-electron chi connectivity index (χ2n) is 4.18. The van der Waals surface area contributed by atoms with E-state index < -0.39 is 11.7 Å². The molecule has 19 heavy (non-hydrogen) atoms. The molecule has 1 nitrogen and oxygen atoms in total. The summed E-state index contributed by atoms with van der Waals surface area (Å²) in [5.74, 6) is 0.212. The monoisotopic (exact) mass is 266 g/mol. The van der Waals surface area contributed by atoms with Gasteiger partial charge < -0.3 is 4.74 Å². The maximum Gasteiger partial charge on any atom is 0.416 e. The van der Waals surface area contributed by atoms with E-state index >= 15 is 0 Å². The van der Waals surface area contributed by atoms with Crippen LogP contribution in [0.2, 0.25) is 0 Å². The van der Waals surface area contributed by atoms with E-state index in [0.717, 1.165) is 11.6 Å². The quantitative estimate of drug-likeness (QED) is 0.804. The van der Waals surface area contributed by atoms with E-state index in [0.29, 0.717) is 0 Å². The molecule has 0 aliphatic heterocycles. The zero-order chi connectivity index (χ0) is 13.9. The van der Waals surface area contributed by atoms with Crippen molar-refractivity contribution in [3.63, 3.8) is 0 Å². The summed E-state index contributed by atoms with van der Waals surface area (Å²) in [5.41, 5.74) is 0.452. The fraction of sp³-hybridized carbons (Fsp3) is 0.200. The van der Waals surface area contributed by atoms with Gasteiger partial charge in [-0.1, -0.05) is 36.4 Å². The molecule has 0 heterocycles. The molecule has 0 fully saturated rings. The van der Waals surface area contributed by atoms with E-state index in [9.17, 15) is 13.2 Å². The van der Waals surface area contributed by atoms with Gasteiger partial charge in [0.1, 0.15) is 5.75 Å². The summed E-state index contributed by atoms with van der Waals surface area (Å²) in [6, 6.07) is 13.1. The number of methoxy groups -OCH3 is 1. The number of benzene rings is 2. The molecule has 100 valence electrons. The lowest BCUT2D eigenvalue weighted by atomic mass is 9.99. The first-order valence-corrected chi connectivity index (χ1v) is 5.79. The second kappa shape index (κ2) is 5.34. The van der Waals surface area contributed by atoms with Crippen molar-refractivity contribution in [1.82, 2.24) is 0 Å². The average Bonchev–Trinajstić information content (AvgIpc) is 2.39. The molecule has 2 rings (SSSR count). The molecule has 0 radical (unpaired) electrons. The van der Waals surface area contributed by atoms with E-state index in [2.05, 4.69) is 0 Å². The Morgan fingerprint density at radius 3 is 2.26 bits per heavy atom. The van der Waals surface area contributed by atoms with Crippen molar-refractivity contribution in [3.8, 4) is 5.75 Å². The van der Waals surface area contributed by atoms with Gasteiger partial charge in [-0.2, -0.15) is 13.2 Å². The van der Waals surface area contributed by atoms with Crippen LogP contribution in [0.15, 0.2) is 48.5 Å². The summed E-state index contributed by atoms with van der Waals surface area (Å²) in [4.78, 5) is 0. The van der Waals surface area contributed by atoms with Crippen LogP contribution in [-0.4, -0.2) is 7.11 Å². The predicted molar refractivity (Wildman–Crippen MR) is 67.2 cm³/mol. The third-order valence-corrected chi connectivity index (χ3v) is 2.86. The van der Waals surface area contributed by atoms with Crippen molar-refractivity contribution in [3.05, 3.63) is 65.2 Å².